The van der Waals surface area contributed by atoms with Crippen LogP contribution in [0.1, 0.15) is 46.0 Å². The average Bonchev–Trinajstić information content (AvgIpc) is 2.27. The fourth-order valence-electron chi connectivity index (χ4n) is 1.82. The Morgan fingerprint density at radius 1 is 1.47 bits per heavy atom. The number of halogens is 1. The molecule has 1 aliphatic heterocycles. The van der Waals surface area contributed by atoms with Gasteiger partial charge in [-0.25, -0.2) is 0 Å². The van der Waals surface area contributed by atoms with Gasteiger partial charge in [-0.1, -0.05) is 0 Å². The van der Waals surface area contributed by atoms with Gasteiger partial charge in [0.05, 0.1) is 6.10 Å². The van der Waals surface area contributed by atoms with Crippen molar-refractivity contribution in [3.63, 3.8) is 0 Å². The Kier molecular flexibility index (Phi) is 7.75. The Bertz CT molecular complexity index is 229. The van der Waals surface area contributed by atoms with Crippen LogP contribution in [-0.4, -0.2) is 30.7 Å². The molecule has 0 aliphatic carbocycles. The molecule has 1 heterocycles. The van der Waals surface area contributed by atoms with Crippen LogP contribution in [-0.2, 0) is 9.53 Å². The Hall–Kier alpha value is -0.320. The molecule has 0 bridgehead atoms. The van der Waals surface area contributed by atoms with E-state index in [1.54, 1.807) is 0 Å². The summed E-state index contributed by atoms with van der Waals surface area (Å²) in [5, 5.41) is 2.93. The van der Waals surface area contributed by atoms with Gasteiger partial charge in [-0.3, -0.25) is 4.79 Å². The lowest BCUT2D eigenvalue weighted by molar-refractivity contribution is -0.123. The van der Waals surface area contributed by atoms with E-state index in [1.165, 1.54) is 6.42 Å². The van der Waals surface area contributed by atoms with Crippen molar-refractivity contribution in [2.24, 2.45) is 5.73 Å². The summed E-state index contributed by atoms with van der Waals surface area (Å²) < 4.78 is 5.58. The van der Waals surface area contributed by atoms with Crippen LogP contribution in [0.3, 0.4) is 0 Å². The molecule has 1 aliphatic rings. The van der Waals surface area contributed by atoms with Gasteiger partial charge in [-0.15, -0.1) is 12.4 Å². The van der Waals surface area contributed by atoms with Crippen molar-refractivity contribution in [3.05, 3.63) is 0 Å². The van der Waals surface area contributed by atoms with E-state index in [1.807, 2.05) is 13.8 Å². The number of nitrogens with two attached hydrogens (primary N) is 1. The predicted octanol–water partition coefficient (Wildman–Crippen LogP) is 1.61. The summed E-state index contributed by atoms with van der Waals surface area (Å²) >= 11 is 0. The van der Waals surface area contributed by atoms with E-state index in [0.717, 1.165) is 25.9 Å². The van der Waals surface area contributed by atoms with Crippen LogP contribution < -0.4 is 11.1 Å². The molecule has 0 spiro atoms. The second-order valence-electron chi connectivity index (χ2n) is 5.16. The SMILES string of the molecule is CC(C)(CN)NC(=O)CCC1CCCCO1.Cl. The Morgan fingerprint density at radius 2 is 2.18 bits per heavy atom. The van der Waals surface area contributed by atoms with E-state index in [2.05, 4.69) is 5.32 Å². The number of rotatable bonds is 5. The molecule has 4 nitrogen and oxygen atoms in total. The number of ether oxygens (including phenoxy) is 1. The van der Waals surface area contributed by atoms with Gasteiger partial charge in [-0.2, -0.15) is 0 Å². The van der Waals surface area contributed by atoms with E-state index in [0.29, 0.717) is 13.0 Å². The normalized spacial score (nSPS) is 20.5. The Balaban J connectivity index is 0.00000256. The molecule has 0 saturated carbocycles. The van der Waals surface area contributed by atoms with Crippen molar-refractivity contribution in [1.82, 2.24) is 5.32 Å². The first-order valence-electron chi connectivity index (χ1n) is 6.16. The molecular weight excluding hydrogens is 240 g/mol. The van der Waals surface area contributed by atoms with Crippen LogP contribution >= 0.6 is 12.4 Å². The Morgan fingerprint density at radius 3 is 2.71 bits per heavy atom. The van der Waals surface area contributed by atoms with Crippen LogP contribution in [0.5, 0.6) is 0 Å². The highest BCUT2D eigenvalue weighted by atomic mass is 35.5. The first-order valence-corrected chi connectivity index (χ1v) is 6.16. The van der Waals surface area contributed by atoms with Gasteiger partial charge in [0.1, 0.15) is 0 Å². The lowest BCUT2D eigenvalue weighted by Crippen LogP contribution is -2.48. The van der Waals surface area contributed by atoms with Gasteiger partial charge in [0, 0.05) is 25.1 Å². The second-order valence-corrected chi connectivity index (χ2v) is 5.16. The zero-order valence-corrected chi connectivity index (χ0v) is 11.6. The van der Waals surface area contributed by atoms with Crippen molar-refractivity contribution in [1.29, 1.82) is 0 Å². The third kappa shape index (κ3) is 6.86. The number of nitrogens with one attached hydrogen (secondary N) is 1. The zero-order valence-electron chi connectivity index (χ0n) is 10.8. The zero-order chi connectivity index (χ0) is 12.0. The molecule has 1 unspecified atom stereocenters. The maximum absolute atomic E-state index is 11.6. The molecule has 1 atom stereocenters. The molecule has 5 heteroatoms. The number of hydrogen-bond acceptors (Lipinski definition) is 3. The topological polar surface area (TPSA) is 64.3 Å². The maximum atomic E-state index is 11.6. The number of carbonyl (C=O) groups excluding carboxylic acids is 1. The first-order chi connectivity index (χ1) is 7.53. The highest BCUT2D eigenvalue weighted by Gasteiger charge is 2.20. The molecule has 3 N–H and O–H groups in total. The summed E-state index contributed by atoms with van der Waals surface area (Å²) in [6.45, 7) is 5.17. The molecule has 17 heavy (non-hydrogen) atoms. The quantitative estimate of drug-likeness (QED) is 0.793. The summed E-state index contributed by atoms with van der Waals surface area (Å²) in [5.41, 5.74) is 5.25. The predicted molar refractivity (Wildman–Crippen MR) is 71.3 cm³/mol. The van der Waals surface area contributed by atoms with Gasteiger partial charge in [0.2, 0.25) is 5.91 Å². The van der Waals surface area contributed by atoms with Crippen molar-refractivity contribution in [3.8, 4) is 0 Å². The van der Waals surface area contributed by atoms with Crippen molar-refractivity contribution in [2.75, 3.05) is 13.2 Å². The third-order valence-corrected chi connectivity index (χ3v) is 2.96. The molecule has 102 valence electrons. The monoisotopic (exact) mass is 264 g/mol. The second kappa shape index (κ2) is 7.90. The minimum Gasteiger partial charge on any atom is -0.378 e. The highest BCUT2D eigenvalue weighted by molar-refractivity contribution is 5.85. The molecule has 0 aromatic rings. The molecule has 1 amide bonds. The molecule has 0 aromatic heterocycles. The fourth-order valence-corrected chi connectivity index (χ4v) is 1.82. The molecule has 1 saturated heterocycles. The van der Waals surface area contributed by atoms with E-state index in [4.69, 9.17) is 10.5 Å². The molecule has 0 aromatic carbocycles. The molecule has 1 rings (SSSR count). The summed E-state index contributed by atoms with van der Waals surface area (Å²) in [6, 6.07) is 0. The average molecular weight is 265 g/mol. The van der Waals surface area contributed by atoms with Crippen LogP contribution in [0, 0.1) is 0 Å². The first kappa shape index (κ1) is 16.7. The summed E-state index contributed by atoms with van der Waals surface area (Å²) in [4.78, 5) is 11.6. The van der Waals surface area contributed by atoms with Crippen LogP contribution in [0.25, 0.3) is 0 Å². The molecular formula is C12H25ClN2O2. The fraction of sp³-hybridized carbons (Fsp3) is 0.917. The van der Waals surface area contributed by atoms with E-state index >= 15 is 0 Å². The minimum absolute atomic E-state index is 0. The van der Waals surface area contributed by atoms with Crippen molar-refractivity contribution >= 4 is 18.3 Å². The van der Waals surface area contributed by atoms with Crippen LogP contribution in [0.15, 0.2) is 0 Å². The number of carbonyl (C=O) groups is 1. The summed E-state index contributed by atoms with van der Waals surface area (Å²) in [5.74, 6) is 0.0737. The van der Waals surface area contributed by atoms with Crippen LogP contribution in [0.4, 0.5) is 0 Å². The van der Waals surface area contributed by atoms with E-state index in [-0.39, 0.29) is 30.0 Å². The molecule has 1 fully saturated rings. The Labute approximate surface area is 110 Å². The van der Waals surface area contributed by atoms with Gasteiger partial charge in [0.25, 0.3) is 0 Å². The van der Waals surface area contributed by atoms with Gasteiger partial charge in [0.15, 0.2) is 0 Å². The standard InChI is InChI=1S/C12H24N2O2.ClH/c1-12(2,9-13)14-11(15)7-6-10-5-3-4-8-16-10;/h10H,3-9,13H2,1-2H3,(H,14,15);1H. The lowest BCUT2D eigenvalue weighted by Gasteiger charge is -2.26. The van der Waals surface area contributed by atoms with Gasteiger partial charge >= 0.3 is 0 Å². The largest absolute Gasteiger partial charge is 0.378 e. The maximum Gasteiger partial charge on any atom is 0.220 e. The number of amides is 1. The van der Waals surface area contributed by atoms with E-state index in [9.17, 15) is 4.79 Å². The summed E-state index contributed by atoms with van der Waals surface area (Å²) in [7, 11) is 0. The van der Waals surface area contributed by atoms with Gasteiger partial charge < -0.3 is 15.8 Å². The third-order valence-electron chi connectivity index (χ3n) is 2.96. The summed E-state index contributed by atoms with van der Waals surface area (Å²) in [6.07, 6.45) is 5.11. The highest BCUT2D eigenvalue weighted by Crippen LogP contribution is 2.17. The van der Waals surface area contributed by atoms with Gasteiger partial charge in [-0.05, 0) is 39.5 Å². The smallest absolute Gasteiger partial charge is 0.220 e. The van der Waals surface area contributed by atoms with E-state index < -0.39 is 0 Å². The van der Waals surface area contributed by atoms with Crippen LogP contribution in [0.2, 0.25) is 0 Å². The number of hydrogen-bond donors (Lipinski definition) is 2. The van der Waals surface area contributed by atoms with Crippen molar-refractivity contribution < 1.29 is 9.53 Å². The lowest BCUT2D eigenvalue weighted by atomic mass is 10.0. The minimum atomic E-state index is -0.301. The molecule has 0 radical (unpaired) electrons. The van der Waals surface area contributed by atoms with Crippen molar-refractivity contribution in [2.45, 2.75) is 57.6 Å².